The third kappa shape index (κ3) is 12.6. The van der Waals surface area contributed by atoms with Gasteiger partial charge in [0.1, 0.15) is 5.82 Å². The summed E-state index contributed by atoms with van der Waals surface area (Å²) in [6, 6.07) is 6.36. The molecule has 0 aromatic heterocycles. The van der Waals surface area contributed by atoms with E-state index in [1.54, 1.807) is 6.07 Å². The molecule has 1 aromatic carbocycles. The van der Waals surface area contributed by atoms with Crippen molar-refractivity contribution in [3.63, 3.8) is 0 Å². The van der Waals surface area contributed by atoms with Crippen molar-refractivity contribution in [1.29, 1.82) is 5.26 Å². The Kier molecular flexibility index (Phi) is 13.7. The van der Waals surface area contributed by atoms with Crippen LogP contribution in [-0.2, 0) is 11.3 Å². The Balaban J connectivity index is 1.96. The van der Waals surface area contributed by atoms with Crippen molar-refractivity contribution in [2.75, 3.05) is 0 Å². The van der Waals surface area contributed by atoms with Crippen LogP contribution in [0.1, 0.15) is 108 Å². The van der Waals surface area contributed by atoms with E-state index >= 15 is 0 Å². The van der Waals surface area contributed by atoms with Crippen LogP contribution >= 0.6 is 0 Å². The maximum absolute atomic E-state index is 13.4. The Morgan fingerprint density at radius 2 is 1.44 bits per heavy atom. The van der Waals surface area contributed by atoms with Gasteiger partial charge in [-0.2, -0.15) is 5.26 Å². The highest BCUT2D eigenvalue weighted by Gasteiger charge is 2.05. The van der Waals surface area contributed by atoms with Gasteiger partial charge >= 0.3 is 0 Å². The highest BCUT2D eigenvalue weighted by Crippen LogP contribution is 2.15. The van der Waals surface area contributed by atoms with Crippen LogP contribution in [0.4, 0.5) is 4.39 Å². The van der Waals surface area contributed by atoms with Crippen LogP contribution in [0.15, 0.2) is 18.2 Å². The van der Waals surface area contributed by atoms with Crippen LogP contribution in [-0.4, -0.2) is 6.10 Å². The van der Waals surface area contributed by atoms with Gasteiger partial charge in [0.15, 0.2) is 0 Å². The largest absolute Gasteiger partial charge is 0.374 e. The fraction of sp³-hybridized carbons (Fsp3) is 0.708. The molecule has 1 unspecified atom stereocenters. The summed E-state index contributed by atoms with van der Waals surface area (Å²) in [4.78, 5) is 0. The van der Waals surface area contributed by atoms with E-state index in [4.69, 9.17) is 10.00 Å². The van der Waals surface area contributed by atoms with Crippen molar-refractivity contribution in [2.45, 2.75) is 110 Å². The smallest absolute Gasteiger partial charge is 0.124 e. The van der Waals surface area contributed by atoms with E-state index in [-0.39, 0.29) is 11.9 Å². The number of hydrogen-bond donors (Lipinski definition) is 0. The monoisotopic (exact) mass is 375 g/mol. The zero-order valence-electron chi connectivity index (χ0n) is 17.4. The van der Waals surface area contributed by atoms with Crippen molar-refractivity contribution in [2.24, 2.45) is 0 Å². The first-order valence-corrected chi connectivity index (χ1v) is 11.0. The molecule has 0 saturated carbocycles. The van der Waals surface area contributed by atoms with Crippen LogP contribution in [0.5, 0.6) is 0 Å². The average Bonchev–Trinajstić information content (AvgIpc) is 2.66. The number of rotatable bonds is 16. The van der Waals surface area contributed by atoms with Crippen LogP contribution in [0, 0.1) is 17.1 Å². The molecule has 0 spiro atoms. The van der Waals surface area contributed by atoms with Gasteiger partial charge in [0.05, 0.1) is 24.3 Å². The maximum Gasteiger partial charge on any atom is 0.124 e. The number of halogens is 1. The Hall–Kier alpha value is -1.40. The van der Waals surface area contributed by atoms with Crippen molar-refractivity contribution in [1.82, 2.24) is 0 Å². The number of unbranched alkanes of at least 4 members (excludes halogenated alkanes) is 11. The summed E-state index contributed by atoms with van der Waals surface area (Å²) >= 11 is 0. The molecule has 0 fully saturated rings. The zero-order chi connectivity index (χ0) is 19.7. The van der Waals surface area contributed by atoms with E-state index in [0.717, 1.165) is 12.0 Å². The molecule has 2 nitrogen and oxygen atoms in total. The van der Waals surface area contributed by atoms with Gasteiger partial charge in [-0.25, -0.2) is 4.39 Å². The third-order valence-corrected chi connectivity index (χ3v) is 5.09. The molecule has 0 N–H and O–H groups in total. The standard InChI is InChI=1S/C24H38FNO/c1-3-4-5-6-7-8-9-10-11-12-13-14-15-21(2)27-20-23-16-22(19-26)17-24(25)18-23/h16-18,21H,3-15,20H2,1-2H3. The van der Waals surface area contributed by atoms with E-state index in [2.05, 4.69) is 13.8 Å². The van der Waals surface area contributed by atoms with Gasteiger partial charge in [-0.15, -0.1) is 0 Å². The normalized spacial score (nSPS) is 12.1. The van der Waals surface area contributed by atoms with Crippen molar-refractivity contribution >= 4 is 0 Å². The summed E-state index contributed by atoms with van der Waals surface area (Å²) in [7, 11) is 0. The molecule has 1 aromatic rings. The summed E-state index contributed by atoms with van der Waals surface area (Å²) in [6.07, 6.45) is 17.5. The topological polar surface area (TPSA) is 33.0 Å². The van der Waals surface area contributed by atoms with Crippen molar-refractivity contribution in [3.8, 4) is 6.07 Å². The van der Waals surface area contributed by atoms with Gasteiger partial charge in [0.25, 0.3) is 0 Å². The van der Waals surface area contributed by atoms with Gasteiger partial charge in [-0.1, -0.05) is 84.0 Å². The minimum Gasteiger partial charge on any atom is -0.374 e. The van der Waals surface area contributed by atoms with Crippen LogP contribution in [0.2, 0.25) is 0 Å². The van der Waals surface area contributed by atoms with E-state index in [9.17, 15) is 4.39 Å². The fourth-order valence-electron chi connectivity index (χ4n) is 3.39. The molecule has 1 atom stereocenters. The molecule has 27 heavy (non-hydrogen) atoms. The Morgan fingerprint density at radius 1 is 0.889 bits per heavy atom. The fourth-order valence-corrected chi connectivity index (χ4v) is 3.39. The van der Waals surface area contributed by atoms with Gasteiger partial charge in [-0.3, -0.25) is 0 Å². The molecule has 0 saturated heterocycles. The minimum absolute atomic E-state index is 0.168. The van der Waals surface area contributed by atoms with E-state index < -0.39 is 0 Å². The van der Waals surface area contributed by atoms with Crippen LogP contribution in [0.25, 0.3) is 0 Å². The highest BCUT2D eigenvalue weighted by atomic mass is 19.1. The molecule has 1 rings (SSSR count). The lowest BCUT2D eigenvalue weighted by Gasteiger charge is -2.13. The minimum atomic E-state index is -0.374. The second kappa shape index (κ2) is 15.6. The van der Waals surface area contributed by atoms with Gasteiger partial charge in [0, 0.05) is 0 Å². The second-order valence-electron chi connectivity index (χ2n) is 7.76. The third-order valence-electron chi connectivity index (χ3n) is 5.09. The number of hydrogen-bond acceptors (Lipinski definition) is 2. The van der Waals surface area contributed by atoms with E-state index in [1.807, 2.05) is 6.07 Å². The van der Waals surface area contributed by atoms with Crippen LogP contribution in [0.3, 0.4) is 0 Å². The lowest BCUT2D eigenvalue weighted by Crippen LogP contribution is -2.08. The first-order valence-electron chi connectivity index (χ1n) is 11.0. The molecule has 0 amide bonds. The molecule has 3 heteroatoms. The molecular formula is C24H38FNO. The summed E-state index contributed by atoms with van der Waals surface area (Å²) < 4.78 is 19.2. The second-order valence-corrected chi connectivity index (χ2v) is 7.76. The van der Waals surface area contributed by atoms with Crippen LogP contribution < -0.4 is 0 Å². The molecular weight excluding hydrogens is 337 g/mol. The quantitative estimate of drug-likeness (QED) is 0.277. The molecule has 0 aliphatic rings. The first-order chi connectivity index (χ1) is 13.2. The molecule has 152 valence electrons. The molecule has 0 bridgehead atoms. The maximum atomic E-state index is 13.4. The summed E-state index contributed by atoms with van der Waals surface area (Å²) in [5, 5.41) is 8.88. The van der Waals surface area contributed by atoms with Gasteiger partial charge < -0.3 is 4.74 Å². The predicted octanol–water partition coefficient (Wildman–Crippen LogP) is 7.69. The van der Waals surface area contributed by atoms with E-state index in [1.165, 1.54) is 89.2 Å². The Labute approximate surface area is 166 Å². The van der Waals surface area contributed by atoms with Crippen molar-refractivity contribution < 1.29 is 9.13 Å². The van der Waals surface area contributed by atoms with Crippen molar-refractivity contribution in [3.05, 3.63) is 35.1 Å². The SMILES string of the molecule is CCCCCCCCCCCCCCC(C)OCc1cc(F)cc(C#N)c1. The molecule has 0 heterocycles. The summed E-state index contributed by atoms with van der Waals surface area (Å²) in [6.45, 7) is 4.71. The van der Waals surface area contributed by atoms with Gasteiger partial charge in [-0.05, 0) is 37.1 Å². The lowest BCUT2D eigenvalue weighted by atomic mass is 10.0. The number of benzene rings is 1. The number of nitriles is 1. The number of ether oxygens (including phenoxy) is 1. The average molecular weight is 376 g/mol. The molecule has 0 aliphatic carbocycles. The summed E-state index contributed by atoms with van der Waals surface area (Å²) in [5.41, 5.74) is 1.08. The molecule has 0 aliphatic heterocycles. The predicted molar refractivity (Wildman–Crippen MR) is 111 cm³/mol. The Bertz CT molecular complexity index is 538. The Morgan fingerprint density at radius 3 is 2.00 bits per heavy atom. The van der Waals surface area contributed by atoms with E-state index in [0.29, 0.717) is 12.2 Å². The van der Waals surface area contributed by atoms with Gasteiger partial charge in [0.2, 0.25) is 0 Å². The number of nitrogens with zero attached hydrogens (tertiary/aromatic N) is 1. The molecule has 0 radical (unpaired) electrons. The highest BCUT2D eigenvalue weighted by molar-refractivity contribution is 5.33. The first kappa shape index (κ1) is 23.6. The zero-order valence-corrected chi connectivity index (χ0v) is 17.4. The lowest BCUT2D eigenvalue weighted by molar-refractivity contribution is 0.0457. The summed E-state index contributed by atoms with van der Waals surface area (Å²) in [5.74, 6) is -0.374.